The number of aryl methyl sites for hydroxylation is 1. The Morgan fingerprint density at radius 1 is 1.50 bits per heavy atom. The molecule has 1 saturated heterocycles. The van der Waals surface area contributed by atoms with Crippen LogP contribution in [0.3, 0.4) is 0 Å². The maximum atomic E-state index is 12.0. The van der Waals surface area contributed by atoms with Gasteiger partial charge in [-0.1, -0.05) is 11.8 Å². The molecule has 0 aliphatic carbocycles. The molecule has 1 aliphatic rings. The molecule has 0 bridgehead atoms. The minimum atomic E-state index is -2.98. The topological polar surface area (TPSA) is 94.0 Å². The third-order valence-electron chi connectivity index (χ3n) is 3.28. The van der Waals surface area contributed by atoms with E-state index in [-0.39, 0.29) is 28.7 Å². The average Bonchev–Trinajstić information content (AvgIpc) is 2.85. The fraction of sp³-hybridized carbons (Fsp3) is 0.727. The van der Waals surface area contributed by atoms with Gasteiger partial charge in [0.05, 0.1) is 16.8 Å². The molecule has 2 atom stereocenters. The molecule has 0 spiro atoms. The molecule has 1 aromatic rings. The highest BCUT2D eigenvalue weighted by molar-refractivity contribution is 8.00. The molecule has 1 fully saturated rings. The van der Waals surface area contributed by atoms with Gasteiger partial charge in [0.2, 0.25) is 5.91 Å². The second-order valence-electron chi connectivity index (χ2n) is 4.96. The van der Waals surface area contributed by atoms with Gasteiger partial charge in [-0.3, -0.25) is 4.79 Å². The SMILES string of the molecule is Cc1nnc(S[C@H](C)C(=O)N[C@@H]2CCS(=O)(=O)C2)n1C. The number of hydrogen-bond acceptors (Lipinski definition) is 6. The average molecular weight is 318 g/mol. The Bertz CT molecular complexity index is 611. The number of rotatable bonds is 4. The minimum Gasteiger partial charge on any atom is -0.351 e. The van der Waals surface area contributed by atoms with E-state index in [0.29, 0.717) is 11.6 Å². The predicted octanol–water partition coefficient (Wildman–Crippen LogP) is -0.0926. The highest BCUT2D eigenvalue weighted by atomic mass is 32.2. The highest BCUT2D eigenvalue weighted by Gasteiger charge is 2.30. The van der Waals surface area contributed by atoms with Gasteiger partial charge in [-0.15, -0.1) is 10.2 Å². The fourth-order valence-corrected chi connectivity index (χ4v) is 4.47. The third-order valence-corrected chi connectivity index (χ3v) is 6.18. The van der Waals surface area contributed by atoms with Gasteiger partial charge in [0, 0.05) is 13.1 Å². The minimum absolute atomic E-state index is 0.0409. The summed E-state index contributed by atoms with van der Waals surface area (Å²) >= 11 is 1.31. The van der Waals surface area contributed by atoms with Crippen molar-refractivity contribution in [3.63, 3.8) is 0 Å². The summed E-state index contributed by atoms with van der Waals surface area (Å²) in [6.45, 7) is 3.61. The van der Waals surface area contributed by atoms with Crippen molar-refractivity contribution >= 4 is 27.5 Å². The van der Waals surface area contributed by atoms with Crippen LogP contribution in [0.4, 0.5) is 0 Å². The maximum Gasteiger partial charge on any atom is 0.233 e. The quantitative estimate of drug-likeness (QED) is 0.780. The summed E-state index contributed by atoms with van der Waals surface area (Å²) in [5.41, 5.74) is 0. The molecule has 7 nitrogen and oxygen atoms in total. The number of amides is 1. The van der Waals surface area contributed by atoms with Crippen LogP contribution >= 0.6 is 11.8 Å². The Kier molecular flexibility index (Phi) is 4.38. The first-order valence-electron chi connectivity index (χ1n) is 6.32. The Balaban J connectivity index is 1.91. The summed E-state index contributed by atoms with van der Waals surface area (Å²) in [6.07, 6.45) is 0.495. The van der Waals surface area contributed by atoms with Crippen molar-refractivity contribution in [3.05, 3.63) is 5.82 Å². The summed E-state index contributed by atoms with van der Waals surface area (Å²) in [5, 5.41) is 11.0. The molecule has 1 aromatic heterocycles. The molecule has 1 amide bonds. The molecule has 2 heterocycles. The van der Waals surface area contributed by atoms with Crippen LogP contribution in [0.2, 0.25) is 0 Å². The zero-order valence-corrected chi connectivity index (χ0v) is 13.3. The molecule has 0 radical (unpaired) electrons. The number of carbonyl (C=O) groups is 1. The number of thioether (sulfide) groups is 1. The third kappa shape index (κ3) is 3.51. The summed E-state index contributed by atoms with van der Waals surface area (Å²) in [4.78, 5) is 12.0. The van der Waals surface area contributed by atoms with Crippen LogP contribution in [0.15, 0.2) is 5.16 Å². The van der Waals surface area contributed by atoms with Crippen molar-refractivity contribution in [3.8, 4) is 0 Å². The normalized spacial score (nSPS) is 22.6. The maximum absolute atomic E-state index is 12.0. The number of carbonyl (C=O) groups excluding carboxylic acids is 1. The van der Waals surface area contributed by atoms with Gasteiger partial charge in [0.1, 0.15) is 5.82 Å². The second kappa shape index (κ2) is 5.72. The zero-order chi connectivity index (χ0) is 14.9. The van der Waals surface area contributed by atoms with Crippen LogP contribution in [-0.2, 0) is 21.7 Å². The van der Waals surface area contributed by atoms with Crippen molar-refractivity contribution in [2.75, 3.05) is 11.5 Å². The number of nitrogens with zero attached hydrogens (tertiary/aromatic N) is 3. The Labute approximate surface area is 122 Å². The molecule has 0 unspecified atom stereocenters. The number of hydrogen-bond donors (Lipinski definition) is 1. The van der Waals surface area contributed by atoms with Gasteiger partial charge in [-0.25, -0.2) is 8.42 Å². The van der Waals surface area contributed by atoms with Crippen molar-refractivity contribution in [1.29, 1.82) is 0 Å². The second-order valence-corrected chi connectivity index (χ2v) is 8.49. The van der Waals surface area contributed by atoms with Crippen molar-refractivity contribution < 1.29 is 13.2 Å². The van der Waals surface area contributed by atoms with E-state index in [4.69, 9.17) is 0 Å². The molecular weight excluding hydrogens is 300 g/mol. The zero-order valence-electron chi connectivity index (χ0n) is 11.7. The molecule has 1 N–H and O–H groups in total. The Morgan fingerprint density at radius 2 is 2.20 bits per heavy atom. The van der Waals surface area contributed by atoms with Crippen LogP contribution in [0, 0.1) is 6.92 Å². The Hall–Kier alpha value is -1.09. The summed E-state index contributed by atoms with van der Waals surface area (Å²) < 4.78 is 24.5. The number of aromatic nitrogens is 3. The summed E-state index contributed by atoms with van der Waals surface area (Å²) in [6, 6.07) is -0.267. The first kappa shape index (κ1) is 15.3. The molecule has 2 rings (SSSR count). The van der Waals surface area contributed by atoms with E-state index in [1.807, 2.05) is 18.5 Å². The van der Waals surface area contributed by atoms with Crippen LogP contribution < -0.4 is 5.32 Å². The van der Waals surface area contributed by atoms with Crippen LogP contribution in [0.5, 0.6) is 0 Å². The Morgan fingerprint density at radius 3 is 2.70 bits per heavy atom. The van der Waals surface area contributed by atoms with Crippen molar-refractivity contribution in [2.24, 2.45) is 7.05 Å². The standard InChI is InChI=1S/C11H18N4O3S2/c1-7(19-11-14-13-8(2)15(11)3)10(16)12-9-4-5-20(17,18)6-9/h7,9H,4-6H2,1-3H3,(H,12,16)/t7-,9-/m1/s1. The number of sulfone groups is 1. The lowest BCUT2D eigenvalue weighted by molar-refractivity contribution is -0.120. The first-order valence-corrected chi connectivity index (χ1v) is 9.02. The molecule has 112 valence electrons. The van der Waals surface area contributed by atoms with Crippen molar-refractivity contribution in [1.82, 2.24) is 20.1 Å². The molecule has 9 heteroatoms. The van der Waals surface area contributed by atoms with Gasteiger partial charge >= 0.3 is 0 Å². The molecule has 0 saturated carbocycles. The van der Waals surface area contributed by atoms with E-state index in [1.54, 1.807) is 6.92 Å². The van der Waals surface area contributed by atoms with E-state index in [9.17, 15) is 13.2 Å². The van der Waals surface area contributed by atoms with E-state index in [0.717, 1.165) is 5.82 Å². The monoisotopic (exact) mass is 318 g/mol. The largest absolute Gasteiger partial charge is 0.351 e. The molecular formula is C11H18N4O3S2. The summed E-state index contributed by atoms with van der Waals surface area (Å²) in [5.74, 6) is 0.806. The molecule has 1 aliphatic heterocycles. The van der Waals surface area contributed by atoms with Crippen LogP contribution in [0.1, 0.15) is 19.2 Å². The van der Waals surface area contributed by atoms with Crippen LogP contribution in [-0.4, -0.2) is 51.9 Å². The number of nitrogens with one attached hydrogen (secondary N) is 1. The van der Waals surface area contributed by atoms with E-state index in [1.165, 1.54) is 11.8 Å². The van der Waals surface area contributed by atoms with Gasteiger partial charge < -0.3 is 9.88 Å². The lowest BCUT2D eigenvalue weighted by Gasteiger charge is -2.15. The van der Waals surface area contributed by atoms with Gasteiger partial charge in [-0.2, -0.15) is 0 Å². The predicted molar refractivity (Wildman–Crippen MR) is 76.3 cm³/mol. The highest BCUT2D eigenvalue weighted by Crippen LogP contribution is 2.22. The van der Waals surface area contributed by atoms with Gasteiger partial charge in [0.15, 0.2) is 15.0 Å². The lowest BCUT2D eigenvalue weighted by Crippen LogP contribution is -2.40. The smallest absolute Gasteiger partial charge is 0.233 e. The molecule has 0 aromatic carbocycles. The van der Waals surface area contributed by atoms with E-state index >= 15 is 0 Å². The molecule has 20 heavy (non-hydrogen) atoms. The van der Waals surface area contributed by atoms with E-state index in [2.05, 4.69) is 15.5 Å². The van der Waals surface area contributed by atoms with Crippen molar-refractivity contribution in [2.45, 2.75) is 36.7 Å². The lowest BCUT2D eigenvalue weighted by atomic mass is 10.2. The first-order chi connectivity index (χ1) is 9.28. The fourth-order valence-electron chi connectivity index (χ4n) is 1.93. The van der Waals surface area contributed by atoms with Gasteiger partial charge in [-0.05, 0) is 20.3 Å². The van der Waals surface area contributed by atoms with Gasteiger partial charge in [0.25, 0.3) is 0 Å². The van der Waals surface area contributed by atoms with Crippen LogP contribution in [0.25, 0.3) is 0 Å². The van der Waals surface area contributed by atoms with E-state index < -0.39 is 9.84 Å². The summed E-state index contributed by atoms with van der Waals surface area (Å²) in [7, 11) is -1.14.